The summed E-state index contributed by atoms with van der Waals surface area (Å²) in [6.45, 7) is 0. The monoisotopic (exact) mass is 477 g/mol. The molecule has 4 rings (SSSR count). The lowest BCUT2D eigenvalue weighted by atomic mass is 10.1. The van der Waals surface area contributed by atoms with Crippen LogP contribution < -0.4 is 15.8 Å². The summed E-state index contributed by atoms with van der Waals surface area (Å²) in [5.41, 5.74) is 6.73. The van der Waals surface area contributed by atoms with Crippen LogP contribution in [0.2, 0.25) is 5.02 Å². The highest BCUT2D eigenvalue weighted by atomic mass is 35.5. The molecule has 0 atom stereocenters. The highest BCUT2D eigenvalue weighted by Crippen LogP contribution is 2.37. The van der Waals surface area contributed by atoms with Crippen LogP contribution in [0, 0.1) is 0 Å². The molecule has 5 nitrogen and oxygen atoms in total. The van der Waals surface area contributed by atoms with Gasteiger partial charge in [-0.15, -0.1) is 11.3 Å². The van der Waals surface area contributed by atoms with Gasteiger partial charge in [0.05, 0.1) is 34.8 Å². The van der Waals surface area contributed by atoms with Crippen LogP contribution in [-0.2, 0) is 6.18 Å². The first-order valence-electron chi connectivity index (χ1n) is 9.19. The van der Waals surface area contributed by atoms with Gasteiger partial charge in [0.2, 0.25) is 0 Å². The molecular formula is C22H15ClF3N3O2S. The van der Waals surface area contributed by atoms with Gasteiger partial charge in [0.25, 0.3) is 5.91 Å². The predicted molar refractivity (Wildman–Crippen MR) is 120 cm³/mol. The third-order valence-electron chi connectivity index (χ3n) is 4.71. The van der Waals surface area contributed by atoms with E-state index >= 15 is 0 Å². The van der Waals surface area contributed by atoms with Gasteiger partial charge >= 0.3 is 6.18 Å². The number of nitrogen functional groups attached to an aromatic ring is 1. The average Bonchev–Trinajstić information content (AvgIpc) is 3.10. The lowest BCUT2D eigenvalue weighted by Crippen LogP contribution is -2.13. The number of carbonyl (C=O) groups is 1. The van der Waals surface area contributed by atoms with Crippen molar-refractivity contribution in [2.24, 2.45) is 0 Å². The second kappa shape index (κ2) is 8.33. The number of carbonyl (C=O) groups excluding carboxylic acids is 1. The van der Waals surface area contributed by atoms with E-state index in [1.165, 1.54) is 0 Å². The zero-order valence-corrected chi connectivity index (χ0v) is 18.0. The van der Waals surface area contributed by atoms with Crippen molar-refractivity contribution in [2.45, 2.75) is 6.18 Å². The number of anilines is 2. The first-order valence-corrected chi connectivity index (χ1v) is 10.4. The molecule has 2 heterocycles. The Morgan fingerprint density at radius 1 is 1.16 bits per heavy atom. The zero-order chi connectivity index (χ0) is 23.0. The van der Waals surface area contributed by atoms with Crippen LogP contribution in [0.1, 0.15) is 15.2 Å². The first kappa shape index (κ1) is 21.9. The van der Waals surface area contributed by atoms with Crippen LogP contribution >= 0.6 is 22.9 Å². The molecule has 4 aromatic rings. The highest BCUT2D eigenvalue weighted by molar-refractivity contribution is 7.21. The second-order valence-electron chi connectivity index (χ2n) is 6.77. The second-order valence-corrected chi connectivity index (χ2v) is 8.18. The average molecular weight is 478 g/mol. The number of fused-ring (bicyclic) bond motifs is 1. The van der Waals surface area contributed by atoms with Gasteiger partial charge in [-0.05, 0) is 42.5 Å². The number of nitrogens with zero attached hydrogens (tertiary/aromatic N) is 1. The highest BCUT2D eigenvalue weighted by Gasteiger charge is 2.31. The third-order valence-corrected chi connectivity index (χ3v) is 6.15. The number of amides is 1. The standard InChI is InChI=1S/C22H15ClF3N3O2S/c1-31-13-4-2-3-11(9-13)16-8-6-14-18(27)19(32-21(14)29-16)20(30)28-17-10-12(22(24,25)26)5-7-15(17)23/h2-10H,27H2,1H3,(H,28,30). The molecule has 10 heteroatoms. The smallest absolute Gasteiger partial charge is 0.416 e. The number of pyridine rings is 1. The molecule has 3 N–H and O–H groups in total. The van der Waals surface area contributed by atoms with Gasteiger partial charge in [-0.3, -0.25) is 4.79 Å². The van der Waals surface area contributed by atoms with E-state index in [2.05, 4.69) is 10.3 Å². The lowest BCUT2D eigenvalue weighted by molar-refractivity contribution is -0.137. The topological polar surface area (TPSA) is 77.2 Å². The third kappa shape index (κ3) is 4.21. The summed E-state index contributed by atoms with van der Waals surface area (Å²) >= 11 is 7.02. The van der Waals surface area contributed by atoms with Crippen molar-refractivity contribution in [1.29, 1.82) is 0 Å². The van der Waals surface area contributed by atoms with E-state index in [9.17, 15) is 18.0 Å². The fourth-order valence-electron chi connectivity index (χ4n) is 3.09. The van der Waals surface area contributed by atoms with Crippen molar-refractivity contribution in [2.75, 3.05) is 18.2 Å². The molecule has 0 bridgehead atoms. The van der Waals surface area contributed by atoms with Crippen molar-refractivity contribution >= 4 is 50.4 Å². The SMILES string of the molecule is COc1cccc(-c2ccc3c(N)c(C(=O)Nc4cc(C(F)(F)F)ccc4Cl)sc3n2)c1. The van der Waals surface area contributed by atoms with E-state index < -0.39 is 17.6 Å². The quantitative estimate of drug-likeness (QED) is 0.352. The molecule has 0 aliphatic rings. The van der Waals surface area contributed by atoms with Gasteiger partial charge in [0, 0.05) is 10.9 Å². The summed E-state index contributed by atoms with van der Waals surface area (Å²) in [6, 6.07) is 13.6. The van der Waals surface area contributed by atoms with Crippen LogP contribution in [0.25, 0.3) is 21.5 Å². The molecule has 0 fully saturated rings. The van der Waals surface area contributed by atoms with Gasteiger partial charge in [-0.2, -0.15) is 13.2 Å². The minimum Gasteiger partial charge on any atom is -0.497 e. The molecule has 2 aromatic carbocycles. The van der Waals surface area contributed by atoms with Crippen LogP contribution in [-0.4, -0.2) is 18.0 Å². The molecule has 1 amide bonds. The largest absolute Gasteiger partial charge is 0.497 e. The normalized spacial score (nSPS) is 11.5. The fourth-order valence-corrected chi connectivity index (χ4v) is 4.24. The van der Waals surface area contributed by atoms with E-state index in [1.54, 1.807) is 19.2 Å². The van der Waals surface area contributed by atoms with E-state index in [-0.39, 0.29) is 21.3 Å². The van der Waals surface area contributed by atoms with Crippen LogP contribution in [0.3, 0.4) is 0 Å². The first-order chi connectivity index (χ1) is 15.2. The van der Waals surface area contributed by atoms with Gasteiger partial charge in [-0.25, -0.2) is 4.98 Å². The van der Waals surface area contributed by atoms with Crippen LogP contribution in [0.5, 0.6) is 5.75 Å². The molecule has 0 radical (unpaired) electrons. The number of hydrogen-bond donors (Lipinski definition) is 2. The molecule has 164 valence electrons. The van der Waals surface area contributed by atoms with Crippen molar-refractivity contribution in [3.05, 3.63) is 70.1 Å². The van der Waals surface area contributed by atoms with Crippen molar-refractivity contribution in [1.82, 2.24) is 4.98 Å². The van der Waals surface area contributed by atoms with Gasteiger partial charge < -0.3 is 15.8 Å². The molecule has 32 heavy (non-hydrogen) atoms. The number of ether oxygens (including phenoxy) is 1. The molecule has 0 saturated heterocycles. The number of methoxy groups -OCH3 is 1. The number of thiophene rings is 1. The van der Waals surface area contributed by atoms with Crippen LogP contribution in [0.4, 0.5) is 24.5 Å². The minimum atomic E-state index is -4.57. The number of rotatable bonds is 4. The number of alkyl halides is 3. The Balaban J connectivity index is 1.68. The van der Waals surface area contributed by atoms with Gasteiger partial charge in [-0.1, -0.05) is 23.7 Å². The number of nitrogens with one attached hydrogen (secondary N) is 1. The maximum absolute atomic E-state index is 13.0. The van der Waals surface area contributed by atoms with Crippen molar-refractivity contribution < 1.29 is 22.7 Å². The number of nitrogens with two attached hydrogens (primary N) is 1. The zero-order valence-electron chi connectivity index (χ0n) is 16.5. The maximum atomic E-state index is 13.0. The van der Waals surface area contributed by atoms with E-state index in [4.69, 9.17) is 22.1 Å². The number of aromatic nitrogens is 1. The van der Waals surface area contributed by atoms with E-state index in [0.29, 0.717) is 21.7 Å². The van der Waals surface area contributed by atoms with Crippen molar-refractivity contribution in [3.63, 3.8) is 0 Å². The molecule has 0 unspecified atom stereocenters. The Hall–Kier alpha value is -3.30. The van der Waals surface area contributed by atoms with Crippen LogP contribution in [0.15, 0.2) is 54.6 Å². The summed E-state index contributed by atoms with van der Waals surface area (Å²) in [7, 11) is 1.57. The molecule has 0 aliphatic heterocycles. The number of hydrogen-bond acceptors (Lipinski definition) is 5. The Morgan fingerprint density at radius 2 is 1.94 bits per heavy atom. The molecule has 0 spiro atoms. The maximum Gasteiger partial charge on any atom is 0.416 e. The Bertz CT molecular complexity index is 1340. The predicted octanol–water partition coefficient (Wildman–Crippen LogP) is 6.48. The molecule has 2 aromatic heterocycles. The van der Waals surface area contributed by atoms with E-state index in [1.807, 2.05) is 24.3 Å². The van der Waals surface area contributed by atoms with E-state index in [0.717, 1.165) is 35.1 Å². The summed E-state index contributed by atoms with van der Waals surface area (Å²) in [6.07, 6.45) is -4.57. The van der Waals surface area contributed by atoms with Gasteiger partial charge in [0.15, 0.2) is 0 Å². The fraction of sp³-hybridized carbons (Fsp3) is 0.0909. The summed E-state index contributed by atoms with van der Waals surface area (Å²) in [5.74, 6) is 0.00257. The summed E-state index contributed by atoms with van der Waals surface area (Å²) in [5, 5.41) is 2.96. The Labute approximate surface area is 189 Å². The lowest BCUT2D eigenvalue weighted by Gasteiger charge is -2.11. The number of benzene rings is 2. The summed E-state index contributed by atoms with van der Waals surface area (Å²) in [4.78, 5) is 18.0. The van der Waals surface area contributed by atoms with Gasteiger partial charge in [0.1, 0.15) is 15.5 Å². The minimum absolute atomic E-state index is 0.0236. The Kier molecular flexibility index (Phi) is 5.70. The summed E-state index contributed by atoms with van der Waals surface area (Å²) < 4.78 is 44.2. The number of halogens is 4. The van der Waals surface area contributed by atoms with Crippen molar-refractivity contribution in [3.8, 4) is 17.0 Å². The molecule has 0 aliphatic carbocycles. The Morgan fingerprint density at radius 3 is 2.66 bits per heavy atom. The molecule has 0 saturated carbocycles. The molecular weight excluding hydrogens is 463 g/mol.